The molecule has 0 atom stereocenters. The molecule has 7 nitrogen and oxygen atoms in total. The van der Waals surface area contributed by atoms with Gasteiger partial charge in [0.1, 0.15) is 5.56 Å². The lowest BCUT2D eigenvalue weighted by atomic mass is 10.2. The van der Waals surface area contributed by atoms with E-state index in [-0.39, 0.29) is 17.1 Å². The Balaban J connectivity index is 3.13. The van der Waals surface area contributed by atoms with Crippen LogP contribution in [0.2, 0.25) is 0 Å². The largest absolute Gasteiger partial charge is 0.492 e. The second-order valence-electron chi connectivity index (χ2n) is 2.23. The Bertz CT molecular complexity index is 366. The van der Waals surface area contributed by atoms with Gasteiger partial charge in [0.15, 0.2) is 16.9 Å². The van der Waals surface area contributed by atoms with Crippen molar-refractivity contribution in [3.05, 3.63) is 22.7 Å². The molecular weight excluding hydrogens is 190 g/mol. The standard InChI is InChI=1S/C7H7N3O4/c1-13-5-4(7(11)14-10-12)2-3-9-6(5)8/h2-3H,1H3,(H2,8,9). The van der Waals surface area contributed by atoms with Crippen LogP contribution in [0, 0.1) is 4.91 Å². The molecule has 1 aromatic heterocycles. The number of pyridine rings is 1. The molecule has 7 heteroatoms. The van der Waals surface area contributed by atoms with Gasteiger partial charge in [0, 0.05) is 6.20 Å². The van der Waals surface area contributed by atoms with E-state index in [1.54, 1.807) is 0 Å². The van der Waals surface area contributed by atoms with Gasteiger partial charge in [-0.15, -0.1) is 4.91 Å². The molecule has 0 fully saturated rings. The third-order valence-corrected chi connectivity index (χ3v) is 1.48. The minimum atomic E-state index is -0.939. The molecular formula is C7H7N3O4. The van der Waals surface area contributed by atoms with Crippen molar-refractivity contribution in [1.29, 1.82) is 0 Å². The molecule has 2 N–H and O–H groups in total. The number of anilines is 1. The number of aromatic nitrogens is 1. The molecule has 0 saturated carbocycles. The SMILES string of the molecule is COc1c(C(=O)ON=O)ccnc1N. The molecule has 1 heterocycles. The predicted octanol–water partition coefficient (Wildman–Crippen LogP) is 0.511. The molecule has 0 aliphatic heterocycles. The van der Waals surface area contributed by atoms with Crippen molar-refractivity contribution in [2.45, 2.75) is 0 Å². The van der Waals surface area contributed by atoms with E-state index in [9.17, 15) is 9.70 Å². The van der Waals surface area contributed by atoms with E-state index in [0.717, 1.165) is 0 Å². The van der Waals surface area contributed by atoms with Gasteiger partial charge in [-0.05, 0) is 6.07 Å². The third-order valence-electron chi connectivity index (χ3n) is 1.48. The molecule has 74 valence electrons. The molecule has 0 aromatic carbocycles. The summed E-state index contributed by atoms with van der Waals surface area (Å²) in [6.07, 6.45) is 1.29. The number of ether oxygens (including phenoxy) is 1. The second kappa shape index (κ2) is 4.17. The number of methoxy groups -OCH3 is 1. The van der Waals surface area contributed by atoms with Crippen LogP contribution < -0.4 is 10.5 Å². The van der Waals surface area contributed by atoms with Gasteiger partial charge in [0.25, 0.3) is 0 Å². The van der Waals surface area contributed by atoms with Crippen molar-refractivity contribution < 1.29 is 14.4 Å². The lowest BCUT2D eigenvalue weighted by molar-refractivity contribution is 0.0504. The summed E-state index contributed by atoms with van der Waals surface area (Å²) in [4.78, 5) is 28.4. The Labute approximate surface area is 78.8 Å². The minimum absolute atomic E-state index is 0.000370. The zero-order chi connectivity index (χ0) is 10.6. The van der Waals surface area contributed by atoms with E-state index in [4.69, 9.17) is 10.5 Å². The van der Waals surface area contributed by atoms with Crippen molar-refractivity contribution in [3.63, 3.8) is 0 Å². The van der Waals surface area contributed by atoms with Crippen molar-refractivity contribution >= 4 is 11.8 Å². The molecule has 14 heavy (non-hydrogen) atoms. The fourth-order valence-corrected chi connectivity index (χ4v) is 0.923. The van der Waals surface area contributed by atoms with Crippen LogP contribution in [-0.4, -0.2) is 18.1 Å². The summed E-state index contributed by atoms with van der Waals surface area (Å²) in [7, 11) is 1.32. The molecule has 1 aromatic rings. The average molecular weight is 197 g/mol. The molecule has 0 radical (unpaired) electrons. The number of rotatable bonds is 3. The highest BCUT2D eigenvalue weighted by molar-refractivity contribution is 5.93. The molecule has 0 amide bonds. The lowest BCUT2D eigenvalue weighted by Crippen LogP contribution is -2.06. The molecule has 1 rings (SSSR count). The Morgan fingerprint density at radius 1 is 1.64 bits per heavy atom. The number of hydrogen-bond acceptors (Lipinski definition) is 7. The lowest BCUT2D eigenvalue weighted by Gasteiger charge is -2.06. The Hall–Kier alpha value is -2.18. The van der Waals surface area contributed by atoms with Crippen LogP contribution in [-0.2, 0) is 4.84 Å². The summed E-state index contributed by atoms with van der Waals surface area (Å²) >= 11 is 0. The Kier molecular flexibility index (Phi) is 2.95. The van der Waals surface area contributed by atoms with Gasteiger partial charge in [-0.25, -0.2) is 9.78 Å². The van der Waals surface area contributed by atoms with Gasteiger partial charge in [0.2, 0.25) is 0 Å². The smallest absolute Gasteiger partial charge is 0.373 e. The number of nitrogens with zero attached hydrogens (tertiary/aromatic N) is 2. The maximum Gasteiger partial charge on any atom is 0.373 e. The Morgan fingerprint density at radius 3 is 2.93 bits per heavy atom. The van der Waals surface area contributed by atoms with Gasteiger partial charge in [-0.3, -0.25) is 4.84 Å². The molecule has 0 unspecified atom stereocenters. The van der Waals surface area contributed by atoms with Crippen LogP contribution in [0.3, 0.4) is 0 Å². The first kappa shape index (κ1) is 9.90. The summed E-state index contributed by atoms with van der Waals surface area (Å²) in [5.74, 6) is -0.847. The maximum absolute atomic E-state index is 11.1. The maximum atomic E-state index is 11.1. The summed E-state index contributed by atoms with van der Waals surface area (Å²) in [5, 5.41) is 2.00. The normalized spacial score (nSPS) is 9.21. The van der Waals surface area contributed by atoms with Gasteiger partial charge < -0.3 is 10.5 Å². The average Bonchev–Trinajstić information content (AvgIpc) is 2.17. The van der Waals surface area contributed by atoms with E-state index in [1.807, 2.05) is 5.34 Å². The van der Waals surface area contributed by atoms with Gasteiger partial charge in [0.05, 0.1) is 7.11 Å². The topological polar surface area (TPSA) is 104 Å². The van der Waals surface area contributed by atoms with E-state index >= 15 is 0 Å². The van der Waals surface area contributed by atoms with Crippen LogP contribution in [0.4, 0.5) is 5.82 Å². The summed E-state index contributed by atoms with van der Waals surface area (Å²) in [5.41, 5.74) is 5.41. The van der Waals surface area contributed by atoms with Crippen molar-refractivity contribution in [1.82, 2.24) is 4.98 Å². The third kappa shape index (κ3) is 1.76. The van der Waals surface area contributed by atoms with Gasteiger partial charge in [-0.2, -0.15) is 0 Å². The summed E-state index contributed by atoms with van der Waals surface area (Å²) in [6, 6.07) is 1.31. The fourth-order valence-electron chi connectivity index (χ4n) is 0.923. The highest BCUT2D eigenvalue weighted by Crippen LogP contribution is 2.24. The van der Waals surface area contributed by atoms with Crippen LogP contribution in [0.15, 0.2) is 17.6 Å². The van der Waals surface area contributed by atoms with Crippen molar-refractivity contribution in [2.24, 2.45) is 5.34 Å². The summed E-state index contributed by atoms with van der Waals surface area (Å²) < 4.78 is 4.81. The second-order valence-corrected chi connectivity index (χ2v) is 2.23. The minimum Gasteiger partial charge on any atom is -0.492 e. The quantitative estimate of drug-likeness (QED) is 0.559. The number of nitrogen functional groups attached to an aromatic ring is 1. The first-order valence-electron chi connectivity index (χ1n) is 3.53. The number of carbonyl (C=O) groups is 1. The first-order valence-corrected chi connectivity index (χ1v) is 3.53. The van der Waals surface area contributed by atoms with Gasteiger partial charge >= 0.3 is 5.97 Å². The highest BCUT2D eigenvalue weighted by atomic mass is 16.7. The van der Waals surface area contributed by atoms with Crippen LogP contribution in [0.25, 0.3) is 0 Å². The molecule has 0 aliphatic rings. The number of carbonyl (C=O) groups excluding carboxylic acids is 1. The first-order chi connectivity index (χ1) is 6.70. The molecule has 0 aliphatic carbocycles. The number of nitrogens with two attached hydrogens (primary N) is 1. The molecule has 0 bridgehead atoms. The van der Waals surface area contributed by atoms with E-state index in [0.29, 0.717) is 0 Å². The highest BCUT2D eigenvalue weighted by Gasteiger charge is 2.17. The predicted molar refractivity (Wildman–Crippen MR) is 46.4 cm³/mol. The van der Waals surface area contributed by atoms with E-state index in [2.05, 4.69) is 9.82 Å². The zero-order valence-corrected chi connectivity index (χ0v) is 7.26. The van der Waals surface area contributed by atoms with Gasteiger partial charge in [-0.1, -0.05) is 0 Å². The molecule has 0 spiro atoms. The van der Waals surface area contributed by atoms with E-state index < -0.39 is 5.97 Å². The van der Waals surface area contributed by atoms with Crippen LogP contribution in [0.1, 0.15) is 10.4 Å². The zero-order valence-electron chi connectivity index (χ0n) is 7.26. The van der Waals surface area contributed by atoms with Crippen molar-refractivity contribution in [3.8, 4) is 5.75 Å². The fraction of sp³-hybridized carbons (Fsp3) is 0.143. The van der Waals surface area contributed by atoms with Crippen LogP contribution in [0.5, 0.6) is 5.75 Å². The van der Waals surface area contributed by atoms with Crippen LogP contribution >= 0.6 is 0 Å². The number of hydrogen-bond donors (Lipinski definition) is 1. The monoisotopic (exact) mass is 197 g/mol. The summed E-state index contributed by atoms with van der Waals surface area (Å²) in [6.45, 7) is 0. The van der Waals surface area contributed by atoms with E-state index in [1.165, 1.54) is 19.4 Å². The molecule has 0 saturated heterocycles. The Morgan fingerprint density at radius 2 is 2.36 bits per heavy atom. The van der Waals surface area contributed by atoms with Crippen molar-refractivity contribution in [2.75, 3.05) is 12.8 Å².